The highest BCUT2D eigenvalue weighted by Gasteiger charge is 2.22. The first-order chi connectivity index (χ1) is 9.97. The number of carboxylic acid groups (broad SMARTS) is 1. The minimum absolute atomic E-state index is 0.147. The Hall–Kier alpha value is -2.15. The molecule has 0 radical (unpaired) electrons. The second-order valence-corrected chi connectivity index (χ2v) is 5.52. The molecule has 1 aromatic heterocycles. The second-order valence-electron chi connectivity index (χ2n) is 4.60. The van der Waals surface area contributed by atoms with Crippen LogP contribution in [-0.2, 0) is 11.2 Å². The van der Waals surface area contributed by atoms with E-state index >= 15 is 0 Å². The number of hydrogen-bond donors (Lipinski definition) is 3. The number of hydrogen-bond acceptors (Lipinski definition) is 3. The van der Waals surface area contributed by atoms with Gasteiger partial charge in [0, 0.05) is 28.3 Å². The average Bonchev–Trinajstić information content (AvgIpc) is 2.93. The highest BCUT2D eigenvalue weighted by atomic mass is 79.9. The summed E-state index contributed by atoms with van der Waals surface area (Å²) in [6.45, 7) is 1.80. The van der Waals surface area contributed by atoms with Crippen LogP contribution >= 0.6 is 15.9 Å². The smallest absolute Gasteiger partial charge is 0.326 e. The summed E-state index contributed by atoms with van der Waals surface area (Å²) in [6, 6.07) is 4.27. The zero-order chi connectivity index (χ0) is 15.4. The molecule has 0 fully saturated rings. The quantitative estimate of drug-likeness (QED) is 0.766. The van der Waals surface area contributed by atoms with Crippen LogP contribution in [0.1, 0.15) is 21.6 Å². The Bertz CT molecular complexity index is 655. The number of carbonyl (C=O) groups excluding carboxylic acids is 1. The minimum atomic E-state index is -1.09. The van der Waals surface area contributed by atoms with Gasteiger partial charge in [-0.15, -0.1) is 0 Å². The fourth-order valence-electron chi connectivity index (χ4n) is 1.89. The Morgan fingerprint density at radius 1 is 1.48 bits per heavy atom. The first kappa shape index (κ1) is 15.2. The van der Waals surface area contributed by atoms with Crippen LogP contribution in [0, 0.1) is 6.92 Å². The number of rotatable bonds is 5. The number of H-pyrrole nitrogens is 1. The summed E-state index contributed by atoms with van der Waals surface area (Å²) >= 11 is 3.30. The van der Waals surface area contributed by atoms with Crippen molar-refractivity contribution >= 4 is 27.8 Å². The zero-order valence-electron chi connectivity index (χ0n) is 11.3. The fraction of sp³-hybridized carbons (Fsp3) is 0.214. The first-order valence-electron chi connectivity index (χ1n) is 6.24. The second kappa shape index (κ2) is 6.53. The van der Waals surface area contributed by atoms with Crippen LogP contribution in [-0.4, -0.2) is 33.0 Å². The van der Waals surface area contributed by atoms with E-state index < -0.39 is 17.9 Å². The van der Waals surface area contributed by atoms with Crippen molar-refractivity contribution in [3.63, 3.8) is 0 Å². The normalized spacial score (nSPS) is 11.9. The molecule has 0 aliphatic carbocycles. The number of amides is 1. The molecule has 0 aliphatic rings. The van der Waals surface area contributed by atoms with Gasteiger partial charge >= 0.3 is 5.97 Å². The summed E-state index contributed by atoms with van der Waals surface area (Å²) < 4.78 is 0.763. The van der Waals surface area contributed by atoms with E-state index in [1.54, 1.807) is 19.1 Å². The van der Waals surface area contributed by atoms with E-state index in [4.69, 9.17) is 0 Å². The molecule has 3 N–H and O–H groups in total. The van der Waals surface area contributed by atoms with E-state index in [0.717, 1.165) is 10.0 Å². The summed E-state index contributed by atoms with van der Waals surface area (Å²) in [7, 11) is 0. The number of imidazole rings is 1. The molecule has 7 heteroatoms. The van der Waals surface area contributed by atoms with Crippen molar-refractivity contribution in [1.29, 1.82) is 0 Å². The third kappa shape index (κ3) is 3.91. The number of halogens is 1. The average molecular weight is 352 g/mol. The van der Waals surface area contributed by atoms with Gasteiger partial charge in [0.25, 0.3) is 5.91 Å². The van der Waals surface area contributed by atoms with Crippen LogP contribution in [0.2, 0.25) is 0 Å². The summed E-state index contributed by atoms with van der Waals surface area (Å²) in [5, 5.41) is 11.8. The van der Waals surface area contributed by atoms with E-state index in [2.05, 4.69) is 31.2 Å². The highest BCUT2D eigenvalue weighted by Crippen LogP contribution is 2.16. The van der Waals surface area contributed by atoms with Crippen molar-refractivity contribution in [3.8, 4) is 0 Å². The molecule has 1 amide bonds. The molecule has 0 saturated heterocycles. The molecule has 21 heavy (non-hydrogen) atoms. The van der Waals surface area contributed by atoms with Gasteiger partial charge in [0.05, 0.1) is 6.33 Å². The van der Waals surface area contributed by atoms with Crippen LogP contribution in [0.5, 0.6) is 0 Å². The third-order valence-electron chi connectivity index (χ3n) is 3.03. The van der Waals surface area contributed by atoms with Crippen LogP contribution in [0.25, 0.3) is 0 Å². The molecule has 0 saturated carbocycles. The van der Waals surface area contributed by atoms with Gasteiger partial charge < -0.3 is 15.4 Å². The predicted octanol–water partition coefficient (Wildman–Crippen LogP) is 1.91. The fourth-order valence-corrected chi connectivity index (χ4v) is 2.25. The van der Waals surface area contributed by atoms with Crippen molar-refractivity contribution in [2.75, 3.05) is 0 Å². The van der Waals surface area contributed by atoms with E-state index in [0.29, 0.717) is 11.3 Å². The number of nitrogens with zero attached hydrogens (tertiary/aromatic N) is 1. The van der Waals surface area contributed by atoms with Crippen molar-refractivity contribution in [3.05, 3.63) is 52.0 Å². The number of aryl methyl sites for hydroxylation is 1. The maximum atomic E-state index is 12.2. The van der Waals surface area contributed by atoms with E-state index in [1.807, 2.05) is 6.07 Å². The number of aromatic nitrogens is 2. The van der Waals surface area contributed by atoms with Gasteiger partial charge in [0.15, 0.2) is 0 Å². The molecule has 1 atom stereocenters. The Kier molecular flexibility index (Phi) is 4.74. The van der Waals surface area contributed by atoms with Crippen LogP contribution in [0.3, 0.4) is 0 Å². The number of nitrogens with one attached hydrogen (secondary N) is 2. The Balaban J connectivity index is 2.14. The highest BCUT2D eigenvalue weighted by molar-refractivity contribution is 9.10. The summed E-state index contributed by atoms with van der Waals surface area (Å²) in [6.07, 6.45) is 3.15. The molecule has 1 aromatic carbocycles. The monoisotopic (exact) mass is 351 g/mol. The largest absolute Gasteiger partial charge is 0.480 e. The summed E-state index contributed by atoms with van der Waals surface area (Å²) in [4.78, 5) is 30.2. The van der Waals surface area contributed by atoms with Gasteiger partial charge in [-0.25, -0.2) is 9.78 Å². The molecular weight excluding hydrogens is 338 g/mol. The lowest BCUT2D eigenvalue weighted by Crippen LogP contribution is -2.42. The molecule has 6 nitrogen and oxygen atoms in total. The number of benzene rings is 1. The lowest BCUT2D eigenvalue weighted by Gasteiger charge is -2.15. The Morgan fingerprint density at radius 2 is 2.24 bits per heavy atom. The summed E-state index contributed by atoms with van der Waals surface area (Å²) in [5.74, 6) is -1.51. The van der Waals surface area contributed by atoms with E-state index in [1.165, 1.54) is 12.5 Å². The molecule has 0 aliphatic heterocycles. The maximum absolute atomic E-state index is 12.2. The molecule has 0 spiro atoms. The van der Waals surface area contributed by atoms with E-state index in [-0.39, 0.29) is 6.42 Å². The molecule has 110 valence electrons. The van der Waals surface area contributed by atoms with Gasteiger partial charge in [-0.05, 0) is 24.6 Å². The number of aromatic amines is 1. The topological polar surface area (TPSA) is 95.1 Å². The van der Waals surface area contributed by atoms with Crippen LogP contribution in [0.15, 0.2) is 35.2 Å². The molecule has 1 unspecified atom stereocenters. The Labute approximate surface area is 129 Å². The maximum Gasteiger partial charge on any atom is 0.326 e. The molecule has 1 heterocycles. The van der Waals surface area contributed by atoms with Crippen LogP contribution in [0.4, 0.5) is 0 Å². The molecular formula is C14H14BrN3O3. The third-order valence-corrected chi connectivity index (χ3v) is 3.52. The molecule has 2 aromatic rings. The van der Waals surface area contributed by atoms with Gasteiger partial charge in [-0.3, -0.25) is 4.79 Å². The number of aliphatic carboxylic acids is 1. The molecule has 0 bridgehead atoms. The Morgan fingerprint density at radius 3 is 2.86 bits per heavy atom. The van der Waals surface area contributed by atoms with Gasteiger partial charge in [-0.2, -0.15) is 0 Å². The van der Waals surface area contributed by atoms with Crippen molar-refractivity contribution in [1.82, 2.24) is 15.3 Å². The standard InChI is InChI=1S/C14H14BrN3O3/c1-8-2-3-9(15)4-11(8)13(19)18-12(14(20)21)5-10-6-16-7-17-10/h2-4,6-7,12H,5H2,1H3,(H,16,17)(H,18,19)(H,20,21). The minimum Gasteiger partial charge on any atom is -0.480 e. The van der Waals surface area contributed by atoms with Crippen LogP contribution < -0.4 is 5.32 Å². The van der Waals surface area contributed by atoms with Crippen molar-refractivity contribution in [2.45, 2.75) is 19.4 Å². The number of carbonyl (C=O) groups is 2. The lowest BCUT2D eigenvalue weighted by atomic mass is 10.1. The SMILES string of the molecule is Cc1ccc(Br)cc1C(=O)NC(Cc1cnc[nH]1)C(=O)O. The number of carboxylic acids is 1. The predicted molar refractivity (Wildman–Crippen MR) is 80.1 cm³/mol. The lowest BCUT2D eigenvalue weighted by molar-refractivity contribution is -0.139. The summed E-state index contributed by atoms with van der Waals surface area (Å²) in [5.41, 5.74) is 1.87. The first-order valence-corrected chi connectivity index (χ1v) is 7.03. The van der Waals surface area contributed by atoms with Crippen molar-refractivity contribution < 1.29 is 14.7 Å². The van der Waals surface area contributed by atoms with Gasteiger partial charge in [0.1, 0.15) is 6.04 Å². The van der Waals surface area contributed by atoms with Gasteiger partial charge in [-0.1, -0.05) is 22.0 Å². The van der Waals surface area contributed by atoms with Gasteiger partial charge in [0.2, 0.25) is 0 Å². The van der Waals surface area contributed by atoms with Crippen molar-refractivity contribution in [2.24, 2.45) is 0 Å². The molecule has 2 rings (SSSR count). The zero-order valence-corrected chi connectivity index (χ0v) is 12.8. The van der Waals surface area contributed by atoms with E-state index in [9.17, 15) is 14.7 Å².